The van der Waals surface area contributed by atoms with E-state index in [-0.39, 0.29) is 5.56 Å². The van der Waals surface area contributed by atoms with Gasteiger partial charge in [-0.15, -0.1) is 0 Å². The van der Waals surface area contributed by atoms with Crippen LogP contribution in [0.25, 0.3) is 22.2 Å². The molecule has 3 heterocycles. The molecular formula is C24H20F3N5O. The number of benzene rings is 1. The van der Waals surface area contributed by atoms with Gasteiger partial charge in [0.25, 0.3) is 5.91 Å². The van der Waals surface area contributed by atoms with Crippen LogP contribution >= 0.6 is 0 Å². The number of aromatic nitrogens is 4. The fourth-order valence-corrected chi connectivity index (χ4v) is 3.45. The minimum Gasteiger partial charge on any atom is -0.322 e. The van der Waals surface area contributed by atoms with Crippen LogP contribution in [0.15, 0.2) is 48.8 Å². The number of alkyl halides is 3. The van der Waals surface area contributed by atoms with Crippen LogP contribution in [0, 0.1) is 13.8 Å². The van der Waals surface area contributed by atoms with Crippen molar-refractivity contribution < 1.29 is 18.0 Å². The summed E-state index contributed by atoms with van der Waals surface area (Å²) >= 11 is 0. The minimum atomic E-state index is -4.63. The molecule has 0 saturated carbocycles. The van der Waals surface area contributed by atoms with Gasteiger partial charge >= 0.3 is 6.18 Å². The second-order valence-electron chi connectivity index (χ2n) is 7.59. The zero-order valence-corrected chi connectivity index (χ0v) is 18.2. The molecule has 0 bridgehead atoms. The van der Waals surface area contributed by atoms with Gasteiger partial charge in [-0.2, -0.15) is 13.2 Å². The van der Waals surface area contributed by atoms with Gasteiger partial charge < -0.3 is 5.32 Å². The number of hydrogen-bond donors (Lipinski definition) is 1. The van der Waals surface area contributed by atoms with Crippen LogP contribution in [-0.2, 0) is 12.6 Å². The van der Waals surface area contributed by atoms with E-state index in [1.165, 1.54) is 6.07 Å². The first-order valence-electron chi connectivity index (χ1n) is 10.2. The molecule has 0 aliphatic rings. The number of nitrogens with one attached hydrogen (secondary N) is 1. The van der Waals surface area contributed by atoms with Gasteiger partial charge in [0.05, 0.1) is 0 Å². The van der Waals surface area contributed by atoms with Gasteiger partial charge in [0.15, 0.2) is 5.65 Å². The molecule has 3 aromatic heterocycles. The Morgan fingerprint density at radius 1 is 1.00 bits per heavy atom. The van der Waals surface area contributed by atoms with Crippen molar-refractivity contribution in [3.05, 3.63) is 77.1 Å². The molecule has 0 spiro atoms. The van der Waals surface area contributed by atoms with Gasteiger partial charge in [-0.1, -0.05) is 13.0 Å². The zero-order chi connectivity index (χ0) is 23.8. The van der Waals surface area contributed by atoms with Gasteiger partial charge in [0.2, 0.25) is 0 Å². The molecule has 33 heavy (non-hydrogen) atoms. The molecule has 0 atom stereocenters. The Labute approximate surface area is 188 Å². The molecule has 0 unspecified atom stereocenters. The van der Waals surface area contributed by atoms with Crippen LogP contribution in [0.1, 0.15) is 40.1 Å². The van der Waals surface area contributed by atoms with Gasteiger partial charge in [-0.25, -0.2) is 15.0 Å². The third-order valence-corrected chi connectivity index (χ3v) is 5.22. The lowest BCUT2D eigenvalue weighted by Crippen LogP contribution is -2.15. The molecule has 4 rings (SSSR count). The quantitative estimate of drug-likeness (QED) is 0.441. The van der Waals surface area contributed by atoms with Crippen LogP contribution in [-0.4, -0.2) is 25.8 Å². The van der Waals surface area contributed by atoms with E-state index in [0.29, 0.717) is 23.6 Å². The molecule has 0 radical (unpaired) electrons. The molecule has 0 saturated heterocycles. The lowest BCUT2D eigenvalue weighted by molar-refractivity contribution is -0.141. The number of aryl methyl sites for hydroxylation is 3. The molecule has 0 aliphatic heterocycles. The summed E-state index contributed by atoms with van der Waals surface area (Å²) in [6.45, 7) is 5.78. The normalized spacial score (nSPS) is 11.6. The van der Waals surface area contributed by atoms with Crippen molar-refractivity contribution in [2.24, 2.45) is 0 Å². The molecule has 0 aliphatic carbocycles. The predicted octanol–water partition coefficient (Wildman–Crippen LogP) is 5.54. The second-order valence-corrected chi connectivity index (χ2v) is 7.59. The van der Waals surface area contributed by atoms with Crippen LogP contribution in [0.2, 0.25) is 0 Å². The number of fused-ring (bicyclic) bond motifs is 1. The summed E-state index contributed by atoms with van der Waals surface area (Å²) in [4.78, 5) is 29.3. The first-order valence-corrected chi connectivity index (χ1v) is 10.2. The van der Waals surface area contributed by atoms with Crippen molar-refractivity contribution >= 4 is 22.6 Å². The smallest absolute Gasteiger partial charge is 0.322 e. The summed E-state index contributed by atoms with van der Waals surface area (Å²) in [5, 5.41) is 3.46. The third-order valence-electron chi connectivity index (χ3n) is 5.22. The zero-order valence-electron chi connectivity index (χ0n) is 18.2. The number of nitrogens with zero attached hydrogens (tertiary/aromatic N) is 4. The van der Waals surface area contributed by atoms with Crippen molar-refractivity contribution in [1.82, 2.24) is 19.9 Å². The van der Waals surface area contributed by atoms with Crippen molar-refractivity contribution in [3.8, 4) is 11.1 Å². The molecule has 1 N–H and O–H groups in total. The summed E-state index contributed by atoms with van der Waals surface area (Å²) in [6.07, 6.45) is -1.22. The Morgan fingerprint density at radius 2 is 1.79 bits per heavy atom. The van der Waals surface area contributed by atoms with Gasteiger partial charge in [0, 0.05) is 46.7 Å². The van der Waals surface area contributed by atoms with E-state index in [1.54, 1.807) is 18.3 Å². The number of hydrogen-bond acceptors (Lipinski definition) is 5. The molecule has 6 nitrogen and oxygen atoms in total. The molecule has 1 amide bonds. The van der Waals surface area contributed by atoms with Crippen molar-refractivity contribution in [1.29, 1.82) is 0 Å². The van der Waals surface area contributed by atoms with Gasteiger partial charge in [-0.3, -0.25) is 9.78 Å². The highest BCUT2D eigenvalue weighted by molar-refractivity contribution is 6.04. The number of carbonyl (C=O) groups is 1. The lowest BCUT2D eigenvalue weighted by Gasteiger charge is -2.13. The topological polar surface area (TPSA) is 80.7 Å². The average Bonchev–Trinajstić information content (AvgIpc) is 2.79. The lowest BCUT2D eigenvalue weighted by atomic mass is 9.98. The molecule has 9 heteroatoms. The molecule has 4 aromatic rings. The van der Waals surface area contributed by atoms with Crippen molar-refractivity contribution in [2.75, 3.05) is 5.32 Å². The molecule has 0 fully saturated rings. The summed E-state index contributed by atoms with van der Waals surface area (Å²) in [7, 11) is 0. The van der Waals surface area contributed by atoms with Crippen LogP contribution < -0.4 is 5.32 Å². The monoisotopic (exact) mass is 451 g/mol. The summed E-state index contributed by atoms with van der Waals surface area (Å²) in [6, 6.07) is 9.22. The van der Waals surface area contributed by atoms with E-state index in [0.717, 1.165) is 40.0 Å². The number of carbonyl (C=O) groups excluding carboxylic acids is 1. The van der Waals surface area contributed by atoms with E-state index < -0.39 is 17.8 Å². The fraction of sp³-hybridized carbons (Fsp3) is 0.208. The first-order chi connectivity index (χ1) is 15.7. The van der Waals surface area contributed by atoms with E-state index in [9.17, 15) is 18.0 Å². The highest BCUT2D eigenvalue weighted by atomic mass is 19.4. The maximum Gasteiger partial charge on any atom is 0.433 e. The number of amides is 1. The Hall–Kier alpha value is -3.88. The van der Waals surface area contributed by atoms with Gasteiger partial charge in [0.1, 0.15) is 11.5 Å². The second kappa shape index (κ2) is 8.57. The third kappa shape index (κ3) is 4.67. The standard InChI is InChI=1S/C24H20F3N5O/c1-4-21-29-12-16-9-19(14(3)30-22(16)32-21)18-11-17(6-5-13(18)2)31-23(33)15-7-8-28-20(10-15)24(25,26)27/h5-12H,4H2,1-3H3,(H,31,33). The van der Waals surface area contributed by atoms with Gasteiger partial charge in [-0.05, 0) is 55.3 Å². The number of anilines is 1. The Bertz CT molecular complexity index is 1370. The molecule has 168 valence electrons. The Balaban J connectivity index is 1.68. The van der Waals surface area contributed by atoms with E-state index >= 15 is 0 Å². The first kappa shape index (κ1) is 22.3. The Kier molecular flexibility index (Phi) is 5.80. The summed E-state index contributed by atoms with van der Waals surface area (Å²) < 4.78 is 38.8. The predicted molar refractivity (Wildman–Crippen MR) is 119 cm³/mol. The van der Waals surface area contributed by atoms with E-state index in [2.05, 4.69) is 25.3 Å². The minimum absolute atomic E-state index is 0.133. The van der Waals surface area contributed by atoms with Crippen LogP contribution in [0.5, 0.6) is 0 Å². The summed E-state index contributed by atoms with van der Waals surface area (Å²) in [5.74, 6) is 0.0550. The van der Waals surface area contributed by atoms with E-state index in [1.807, 2.05) is 32.9 Å². The summed E-state index contributed by atoms with van der Waals surface area (Å²) in [5.41, 5.74) is 3.21. The number of rotatable bonds is 4. The Morgan fingerprint density at radius 3 is 2.52 bits per heavy atom. The maximum atomic E-state index is 12.9. The van der Waals surface area contributed by atoms with Crippen molar-refractivity contribution in [3.63, 3.8) is 0 Å². The SMILES string of the molecule is CCc1ncc2cc(-c3cc(NC(=O)c4ccnc(C(F)(F)F)c4)ccc3C)c(C)nc2n1. The molecular weight excluding hydrogens is 431 g/mol. The number of pyridine rings is 2. The highest BCUT2D eigenvalue weighted by Gasteiger charge is 2.33. The molecule has 1 aromatic carbocycles. The van der Waals surface area contributed by atoms with E-state index in [4.69, 9.17) is 0 Å². The largest absolute Gasteiger partial charge is 0.433 e. The average molecular weight is 451 g/mol. The van der Waals surface area contributed by atoms with Crippen LogP contribution in [0.4, 0.5) is 18.9 Å². The maximum absolute atomic E-state index is 12.9. The fourth-order valence-electron chi connectivity index (χ4n) is 3.45. The highest BCUT2D eigenvalue weighted by Crippen LogP contribution is 2.31. The van der Waals surface area contributed by atoms with Crippen LogP contribution in [0.3, 0.4) is 0 Å². The number of halogens is 3. The van der Waals surface area contributed by atoms with Crippen molar-refractivity contribution in [2.45, 2.75) is 33.4 Å².